The first-order chi connectivity index (χ1) is 2.81. The molecular formula is C2H2BrClO2. The summed E-state index contributed by atoms with van der Waals surface area (Å²) in [5.41, 5.74) is 0. The summed E-state index contributed by atoms with van der Waals surface area (Å²) in [5, 5.41) is 0. The van der Waals surface area contributed by atoms with Gasteiger partial charge in [-0.25, -0.2) is 4.79 Å². The number of rotatable bonds is 1. The summed E-state index contributed by atoms with van der Waals surface area (Å²) in [7, 11) is 0. The predicted octanol–water partition coefficient (Wildman–Crippen LogP) is 1.08. The molecule has 0 bridgehead atoms. The molecule has 0 aliphatic heterocycles. The van der Waals surface area contributed by atoms with Gasteiger partial charge in [0.05, 0.1) is 0 Å². The van der Waals surface area contributed by atoms with E-state index in [4.69, 9.17) is 11.6 Å². The fourth-order valence-electron chi connectivity index (χ4n) is 0.0206. The summed E-state index contributed by atoms with van der Waals surface area (Å²) >= 11 is 7.39. The number of hydrogen-bond donors (Lipinski definition) is 0. The summed E-state index contributed by atoms with van der Waals surface area (Å²) in [6.45, 7) is 0. The Hall–Kier alpha value is 0.240. The second-order valence-electron chi connectivity index (χ2n) is 0.583. The van der Waals surface area contributed by atoms with E-state index in [-0.39, 0.29) is 5.88 Å². The molecule has 0 radical (unpaired) electrons. The summed E-state index contributed by atoms with van der Waals surface area (Å²) in [4.78, 5) is 9.78. The zero-order valence-electron chi connectivity index (χ0n) is 2.78. The molecule has 6 heavy (non-hydrogen) atoms. The topological polar surface area (TPSA) is 26.3 Å². The fourth-order valence-corrected chi connectivity index (χ4v) is 0.321. The van der Waals surface area contributed by atoms with Crippen LogP contribution in [0.2, 0.25) is 0 Å². The smallest absolute Gasteiger partial charge is 0.332 e. The lowest BCUT2D eigenvalue weighted by Gasteiger charge is -1.81. The number of halogens is 2. The molecule has 0 aromatic heterocycles. The quantitative estimate of drug-likeness (QED) is 0.555. The first-order valence-electron chi connectivity index (χ1n) is 1.18. The molecule has 36 valence electrons. The molecule has 0 aliphatic carbocycles. The molecule has 0 N–H and O–H groups in total. The van der Waals surface area contributed by atoms with Gasteiger partial charge in [-0.1, -0.05) is 0 Å². The van der Waals surface area contributed by atoms with Crippen molar-refractivity contribution in [1.29, 1.82) is 0 Å². The van der Waals surface area contributed by atoms with Crippen molar-refractivity contribution in [3.8, 4) is 0 Å². The van der Waals surface area contributed by atoms with E-state index in [1.807, 2.05) is 0 Å². The van der Waals surface area contributed by atoms with Gasteiger partial charge in [-0.2, -0.15) is 0 Å². The molecule has 4 heteroatoms. The number of carbonyl (C=O) groups excluding carboxylic acids is 1. The van der Waals surface area contributed by atoms with Crippen molar-refractivity contribution in [2.24, 2.45) is 0 Å². The van der Waals surface area contributed by atoms with Crippen LogP contribution in [0.5, 0.6) is 0 Å². The van der Waals surface area contributed by atoms with E-state index in [0.29, 0.717) is 0 Å². The van der Waals surface area contributed by atoms with Gasteiger partial charge < -0.3 is 3.83 Å². The van der Waals surface area contributed by atoms with Gasteiger partial charge in [0.25, 0.3) is 0 Å². The Morgan fingerprint density at radius 1 is 2.00 bits per heavy atom. The highest BCUT2D eigenvalue weighted by atomic mass is 79.9. The molecule has 0 aliphatic rings. The molecule has 0 aromatic carbocycles. The summed E-state index contributed by atoms with van der Waals surface area (Å²) < 4.78 is 3.94. The number of carbonyl (C=O) groups is 1. The number of hydrogen-bond acceptors (Lipinski definition) is 2. The van der Waals surface area contributed by atoms with E-state index in [2.05, 4.69) is 20.1 Å². The Morgan fingerprint density at radius 3 is 2.50 bits per heavy atom. The molecular weight excluding hydrogens is 171 g/mol. The Bertz CT molecular complexity index is 49.5. The molecule has 0 fully saturated rings. The van der Waals surface area contributed by atoms with Crippen molar-refractivity contribution in [2.45, 2.75) is 0 Å². The lowest BCUT2D eigenvalue weighted by atomic mass is 10.8. The Balaban J connectivity index is 2.99. The second kappa shape index (κ2) is 3.43. The van der Waals surface area contributed by atoms with Crippen LogP contribution in [0.3, 0.4) is 0 Å². The molecule has 0 saturated heterocycles. The highest BCUT2D eigenvalue weighted by molar-refractivity contribution is 9.06. The average molecular weight is 173 g/mol. The van der Waals surface area contributed by atoms with E-state index in [1.165, 1.54) is 0 Å². The minimum Gasteiger partial charge on any atom is -0.383 e. The minimum atomic E-state index is -0.475. The third-order valence-corrected chi connectivity index (χ3v) is 0.774. The van der Waals surface area contributed by atoms with Crippen LogP contribution in [0.15, 0.2) is 0 Å². The van der Waals surface area contributed by atoms with E-state index in [1.54, 1.807) is 0 Å². The molecule has 0 saturated carbocycles. The average Bonchev–Trinajstić information content (AvgIpc) is 1.65. The van der Waals surface area contributed by atoms with E-state index in [0.717, 1.165) is 0 Å². The molecule has 2 nitrogen and oxygen atoms in total. The van der Waals surface area contributed by atoms with Gasteiger partial charge in [0, 0.05) is 0 Å². The van der Waals surface area contributed by atoms with Crippen molar-refractivity contribution in [1.82, 2.24) is 0 Å². The Kier molecular flexibility index (Phi) is 3.57. The number of alkyl halides is 1. The van der Waals surface area contributed by atoms with Crippen LogP contribution in [0, 0.1) is 0 Å². The van der Waals surface area contributed by atoms with Crippen molar-refractivity contribution in [2.75, 3.05) is 5.88 Å². The van der Waals surface area contributed by atoms with Crippen molar-refractivity contribution >= 4 is 33.8 Å². The van der Waals surface area contributed by atoms with Crippen molar-refractivity contribution in [3.63, 3.8) is 0 Å². The van der Waals surface area contributed by atoms with Gasteiger partial charge in [0.15, 0.2) is 16.3 Å². The second-order valence-corrected chi connectivity index (χ2v) is 1.17. The van der Waals surface area contributed by atoms with Crippen LogP contribution < -0.4 is 0 Å². The Morgan fingerprint density at radius 2 is 2.50 bits per heavy atom. The SMILES string of the molecule is O=C(CCl)OBr. The summed E-state index contributed by atoms with van der Waals surface area (Å²) in [5.74, 6) is -0.581. The highest BCUT2D eigenvalue weighted by Crippen LogP contribution is 1.86. The minimum absolute atomic E-state index is 0.106. The van der Waals surface area contributed by atoms with Gasteiger partial charge in [-0.15, -0.1) is 11.6 Å². The molecule has 0 atom stereocenters. The summed E-state index contributed by atoms with van der Waals surface area (Å²) in [6.07, 6.45) is 0. The van der Waals surface area contributed by atoms with Crippen LogP contribution in [0.4, 0.5) is 0 Å². The third kappa shape index (κ3) is 2.48. The predicted molar refractivity (Wildman–Crippen MR) is 25.7 cm³/mol. The van der Waals surface area contributed by atoms with Crippen LogP contribution >= 0.6 is 27.9 Å². The zero-order chi connectivity index (χ0) is 4.99. The fraction of sp³-hybridized carbons (Fsp3) is 0.500. The van der Waals surface area contributed by atoms with Gasteiger partial charge >= 0.3 is 5.97 Å². The van der Waals surface area contributed by atoms with Crippen molar-refractivity contribution in [3.05, 3.63) is 0 Å². The molecule has 0 spiro atoms. The molecule has 0 amide bonds. The van der Waals surface area contributed by atoms with Gasteiger partial charge in [0.2, 0.25) is 0 Å². The third-order valence-electron chi connectivity index (χ3n) is 0.195. The zero-order valence-corrected chi connectivity index (χ0v) is 5.12. The van der Waals surface area contributed by atoms with Crippen molar-refractivity contribution < 1.29 is 8.62 Å². The van der Waals surface area contributed by atoms with Crippen LogP contribution in [0.1, 0.15) is 0 Å². The molecule has 0 rings (SSSR count). The molecule has 0 unspecified atom stereocenters. The van der Waals surface area contributed by atoms with Crippen LogP contribution in [-0.2, 0) is 8.62 Å². The normalized spacial score (nSPS) is 7.67. The lowest BCUT2D eigenvalue weighted by molar-refractivity contribution is -0.129. The monoisotopic (exact) mass is 172 g/mol. The standard InChI is InChI=1S/C2H2BrClO2/c3-6-2(5)1-4/h1H2. The molecule has 0 aromatic rings. The van der Waals surface area contributed by atoms with E-state index >= 15 is 0 Å². The maximum atomic E-state index is 9.78. The Labute approximate surface area is 48.9 Å². The maximum Gasteiger partial charge on any atom is 0.332 e. The van der Waals surface area contributed by atoms with E-state index < -0.39 is 5.97 Å². The van der Waals surface area contributed by atoms with Gasteiger partial charge in [-0.05, 0) is 0 Å². The highest BCUT2D eigenvalue weighted by Gasteiger charge is 1.92. The van der Waals surface area contributed by atoms with E-state index in [9.17, 15) is 4.79 Å². The summed E-state index contributed by atoms with van der Waals surface area (Å²) in [6, 6.07) is 0. The van der Waals surface area contributed by atoms with Crippen LogP contribution in [-0.4, -0.2) is 11.8 Å². The first kappa shape index (κ1) is 6.24. The van der Waals surface area contributed by atoms with Crippen LogP contribution in [0.25, 0.3) is 0 Å². The maximum absolute atomic E-state index is 9.78. The lowest BCUT2D eigenvalue weighted by Crippen LogP contribution is -1.95. The largest absolute Gasteiger partial charge is 0.383 e. The first-order valence-corrected chi connectivity index (χ1v) is 2.37. The van der Waals surface area contributed by atoms with Gasteiger partial charge in [0.1, 0.15) is 5.88 Å². The molecule has 0 heterocycles. The van der Waals surface area contributed by atoms with Gasteiger partial charge in [-0.3, -0.25) is 0 Å².